The van der Waals surface area contributed by atoms with Gasteiger partial charge in [0, 0.05) is 38.7 Å². The van der Waals surface area contributed by atoms with Gasteiger partial charge >= 0.3 is 5.97 Å². The molecule has 2 rings (SSSR count). The fraction of sp³-hybridized carbons (Fsp3) is 0.467. The van der Waals surface area contributed by atoms with Crippen molar-refractivity contribution in [1.29, 1.82) is 0 Å². The molecule has 0 atom stereocenters. The minimum atomic E-state index is -0.488. The number of nitrogens with zero attached hydrogens (tertiary/aromatic N) is 1. The van der Waals surface area contributed by atoms with Crippen molar-refractivity contribution in [2.45, 2.75) is 6.92 Å². The van der Waals surface area contributed by atoms with Gasteiger partial charge in [-0.3, -0.25) is 9.59 Å². The maximum Gasteiger partial charge on any atom is 0.308 e. The number of amides is 1. The van der Waals surface area contributed by atoms with Crippen LogP contribution in [0, 0.1) is 0 Å². The molecule has 1 fully saturated rings. The average Bonchev–Trinajstić information content (AvgIpc) is 2.54. The van der Waals surface area contributed by atoms with E-state index >= 15 is 0 Å². The van der Waals surface area contributed by atoms with Crippen LogP contribution in [0.15, 0.2) is 12.1 Å². The fourth-order valence-electron chi connectivity index (χ4n) is 2.30. The molecule has 128 valence electrons. The van der Waals surface area contributed by atoms with Gasteiger partial charge in [0.1, 0.15) is 0 Å². The second-order valence-corrected chi connectivity index (χ2v) is 4.85. The number of hydrogen-bond donors (Lipinski definition) is 1. The Labute approximate surface area is 141 Å². The van der Waals surface area contributed by atoms with Crippen LogP contribution in [-0.2, 0) is 4.79 Å². The Hall–Kier alpha value is -1.99. The number of hydrogen-bond acceptors (Lipinski definition) is 6. The topological polar surface area (TPSA) is 77.1 Å². The zero-order chi connectivity index (χ0) is 16.1. The van der Waals surface area contributed by atoms with E-state index in [4.69, 9.17) is 14.2 Å². The first kappa shape index (κ1) is 19.1. The smallest absolute Gasteiger partial charge is 0.308 e. The standard InChI is InChI=1S/C15H20N2O5.ClH/c1-10(18)22-14-12(20-2)8-11(9-13(14)21-3)15(19)17-6-4-16-5-7-17;/h8-9,16H,4-7H2,1-3H3;1H. The summed E-state index contributed by atoms with van der Waals surface area (Å²) in [6, 6.07) is 3.12. The molecule has 1 aliphatic heterocycles. The first-order valence-corrected chi connectivity index (χ1v) is 7.01. The number of halogens is 1. The number of carbonyl (C=O) groups excluding carboxylic acids is 2. The minimum absolute atomic E-state index is 0. The molecule has 0 unspecified atom stereocenters. The molecule has 1 aromatic rings. The molecule has 1 amide bonds. The number of nitrogens with one attached hydrogen (secondary N) is 1. The van der Waals surface area contributed by atoms with E-state index in [1.807, 2.05) is 0 Å². The summed E-state index contributed by atoms with van der Waals surface area (Å²) in [5.74, 6) is 0.153. The lowest BCUT2D eigenvalue weighted by atomic mass is 10.1. The van der Waals surface area contributed by atoms with E-state index < -0.39 is 5.97 Å². The monoisotopic (exact) mass is 344 g/mol. The molecule has 1 N–H and O–H groups in total. The van der Waals surface area contributed by atoms with Crippen LogP contribution < -0.4 is 19.5 Å². The molecule has 0 aliphatic carbocycles. The van der Waals surface area contributed by atoms with E-state index in [1.165, 1.54) is 21.1 Å². The Morgan fingerprint density at radius 3 is 2.04 bits per heavy atom. The normalized spacial score (nSPS) is 13.8. The summed E-state index contributed by atoms with van der Waals surface area (Å²) < 4.78 is 15.6. The molecule has 0 saturated carbocycles. The fourth-order valence-corrected chi connectivity index (χ4v) is 2.30. The summed E-state index contributed by atoms with van der Waals surface area (Å²) in [5, 5.41) is 3.20. The van der Waals surface area contributed by atoms with E-state index in [0.717, 1.165) is 13.1 Å². The first-order valence-electron chi connectivity index (χ1n) is 7.01. The van der Waals surface area contributed by atoms with Gasteiger partial charge in [0.15, 0.2) is 11.5 Å². The average molecular weight is 345 g/mol. The van der Waals surface area contributed by atoms with Crippen molar-refractivity contribution in [2.24, 2.45) is 0 Å². The lowest BCUT2D eigenvalue weighted by Gasteiger charge is -2.27. The Morgan fingerprint density at radius 2 is 1.61 bits per heavy atom. The van der Waals surface area contributed by atoms with E-state index in [-0.39, 0.29) is 35.6 Å². The lowest BCUT2D eigenvalue weighted by molar-refractivity contribution is -0.132. The molecule has 8 heteroatoms. The van der Waals surface area contributed by atoms with E-state index in [1.54, 1.807) is 17.0 Å². The van der Waals surface area contributed by atoms with Crippen molar-refractivity contribution in [2.75, 3.05) is 40.4 Å². The van der Waals surface area contributed by atoms with Gasteiger partial charge in [-0.2, -0.15) is 0 Å². The van der Waals surface area contributed by atoms with Gasteiger partial charge in [-0.1, -0.05) is 0 Å². The Bertz CT molecular complexity index is 548. The van der Waals surface area contributed by atoms with Crippen LogP contribution in [0.2, 0.25) is 0 Å². The van der Waals surface area contributed by atoms with Crippen LogP contribution in [0.4, 0.5) is 0 Å². The molecular formula is C15H21ClN2O5. The Morgan fingerprint density at radius 1 is 1.09 bits per heavy atom. The van der Waals surface area contributed by atoms with Gasteiger partial charge in [0.2, 0.25) is 5.75 Å². The summed E-state index contributed by atoms with van der Waals surface area (Å²) in [4.78, 5) is 25.5. The van der Waals surface area contributed by atoms with Crippen LogP contribution in [0.25, 0.3) is 0 Å². The zero-order valence-corrected chi connectivity index (χ0v) is 14.2. The molecule has 0 spiro atoms. The molecular weight excluding hydrogens is 324 g/mol. The van der Waals surface area contributed by atoms with Gasteiger partial charge in [0.25, 0.3) is 5.91 Å². The number of rotatable bonds is 4. The van der Waals surface area contributed by atoms with E-state index in [2.05, 4.69) is 5.32 Å². The maximum absolute atomic E-state index is 12.5. The molecule has 0 bridgehead atoms. The summed E-state index contributed by atoms with van der Waals surface area (Å²) in [7, 11) is 2.89. The SMILES string of the molecule is COc1cc(C(=O)N2CCNCC2)cc(OC)c1OC(C)=O.Cl. The van der Waals surface area contributed by atoms with Gasteiger partial charge in [-0.15, -0.1) is 12.4 Å². The van der Waals surface area contributed by atoms with Crippen molar-refractivity contribution in [3.05, 3.63) is 17.7 Å². The molecule has 7 nitrogen and oxygen atoms in total. The zero-order valence-electron chi connectivity index (χ0n) is 13.4. The molecule has 1 aliphatic rings. The van der Waals surface area contributed by atoms with Gasteiger partial charge < -0.3 is 24.4 Å². The second kappa shape index (κ2) is 8.59. The Balaban J connectivity index is 0.00000264. The van der Waals surface area contributed by atoms with Crippen LogP contribution in [0.3, 0.4) is 0 Å². The van der Waals surface area contributed by atoms with Crippen molar-refractivity contribution in [3.63, 3.8) is 0 Å². The number of piperazine rings is 1. The third kappa shape index (κ3) is 4.49. The van der Waals surface area contributed by atoms with Crippen molar-refractivity contribution >= 4 is 24.3 Å². The number of esters is 1. The maximum atomic E-state index is 12.5. The minimum Gasteiger partial charge on any atom is -0.493 e. The van der Waals surface area contributed by atoms with Crippen molar-refractivity contribution in [1.82, 2.24) is 10.2 Å². The highest BCUT2D eigenvalue weighted by molar-refractivity contribution is 5.96. The summed E-state index contributed by atoms with van der Waals surface area (Å²) in [6.07, 6.45) is 0. The van der Waals surface area contributed by atoms with Crippen LogP contribution in [0.1, 0.15) is 17.3 Å². The third-order valence-corrected chi connectivity index (χ3v) is 3.36. The quantitative estimate of drug-likeness (QED) is 0.651. The molecule has 0 radical (unpaired) electrons. The Kier molecular flexibility index (Phi) is 7.12. The largest absolute Gasteiger partial charge is 0.493 e. The molecule has 23 heavy (non-hydrogen) atoms. The summed E-state index contributed by atoms with van der Waals surface area (Å²) >= 11 is 0. The van der Waals surface area contributed by atoms with Crippen LogP contribution in [0.5, 0.6) is 17.2 Å². The van der Waals surface area contributed by atoms with E-state index in [0.29, 0.717) is 18.7 Å². The predicted octanol–water partition coefficient (Wildman–Crippen LogP) is 1.10. The lowest BCUT2D eigenvalue weighted by Crippen LogP contribution is -2.46. The van der Waals surface area contributed by atoms with E-state index in [9.17, 15) is 9.59 Å². The number of methoxy groups -OCH3 is 2. The number of benzene rings is 1. The molecule has 1 saturated heterocycles. The second-order valence-electron chi connectivity index (χ2n) is 4.85. The van der Waals surface area contributed by atoms with Crippen molar-refractivity contribution < 1.29 is 23.8 Å². The van der Waals surface area contributed by atoms with Crippen molar-refractivity contribution in [3.8, 4) is 17.2 Å². The first-order chi connectivity index (χ1) is 10.6. The third-order valence-electron chi connectivity index (χ3n) is 3.36. The predicted molar refractivity (Wildman–Crippen MR) is 86.9 cm³/mol. The van der Waals surface area contributed by atoms with Crippen LogP contribution in [-0.4, -0.2) is 57.2 Å². The highest BCUT2D eigenvalue weighted by Gasteiger charge is 2.23. The van der Waals surface area contributed by atoms with Gasteiger partial charge in [-0.05, 0) is 12.1 Å². The number of ether oxygens (including phenoxy) is 3. The summed E-state index contributed by atoms with van der Waals surface area (Å²) in [5.41, 5.74) is 0.437. The molecule has 1 heterocycles. The summed E-state index contributed by atoms with van der Waals surface area (Å²) in [6.45, 7) is 4.13. The number of carbonyl (C=O) groups is 2. The van der Waals surface area contributed by atoms with Gasteiger partial charge in [0.05, 0.1) is 14.2 Å². The molecule has 0 aromatic heterocycles. The van der Waals surface area contributed by atoms with Crippen LogP contribution >= 0.6 is 12.4 Å². The van der Waals surface area contributed by atoms with Gasteiger partial charge in [-0.25, -0.2) is 0 Å². The highest BCUT2D eigenvalue weighted by atomic mass is 35.5. The highest BCUT2D eigenvalue weighted by Crippen LogP contribution is 2.39. The molecule has 1 aromatic carbocycles.